The minimum Gasteiger partial charge on any atom is -0.485 e. The van der Waals surface area contributed by atoms with E-state index in [0.29, 0.717) is 21.4 Å². The molecule has 144 valence electrons. The van der Waals surface area contributed by atoms with E-state index in [4.69, 9.17) is 27.9 Å². The van der Waals surface area contributed by atoms with Gasteiger partial charge < -0.3 is 9.30 Å². The summed E-state index contributed by atoms with van der Waals surface area (Å²) >= 11 is 12.1. The summed E-state index contributed by atoms with van der Waals surface area (Å²) in [4.78, 5) is 22.8. The molecule has 8 heteroatoms. The molecule has 0 bridgehead atoms. The second kappa shape index (κ2) is 8.04. The SMILES string of the molecule is Cc1cc(C(=O)COc2ccc([N+](=O)[O-])cc2)c(C)n1-c1ccc(Cl)c(Cl)c1. The van der Waals surface area contributed by atoms with Crippen LogP contribution in [0.3, 0.4) is 0 Å². The lowest BCUT2D eigenvalue weighted by Gasteiger charge is -2.11. The molecular formula is C20H16Cl2N2O4. The van der Waals surface area contributed by atoms with E-state index in [9.17, 15) is 14.9 Å². The number of nitro groups is 1. The van der Waals surface area contributed by atoms with Gasteiger partial charge in [0.1, 0.15) is 5.75 Å². The Morgan fingerprint density at radius 1 is 1.07 bits per heavy atom. The Bertz CT molecular complexity index is 1060. The van der Waals surface area contributed by atoms with E-state index in [-0.39, 0.29) is 18.1 Å². The van der Waals surface area contributed by atoms with Gasteiger partial charge in [0.2, 0.25) is 5.78 Å². The number of hydrogen-bond donors (Lipinski definition) is 0. The van der Waals surface area contributed by atoms with Crippen LogP contribution < -0.4 is 4.74 Å². The molecule has 0 aliphatic carbocycles. The van der Waals surface area contributed by atoms with E-state index < -0.39 is 4.92 Å². The third kappa shape index (κ3) is 4.03. The first-order chi connectivity index (χ1) is 13.3. The number of halogens is 2. The summed E-state index contributed by atoms with van der Waals surface area (Å²) in [7, 11) is 0. The molecule has 0 radical (unpaired) electrons. The highest BCUT2D eigenvalue weighted by Gasteiger charge is 2.18. The molecule has 0 atom stereocenters. The highest BCUT2D eigenvalue weighted by molar-refractivity contribution is 6.42. The summed E-state index contributed by atoms with van der Waals surface area (Å²) < 4.78 is 7.40. The van der Waals surface area contributed by atoms with Crippen LogP contribution in [0.5, 0.6) is 5.75 Å². The number of carbonyl (C=O) groups is 1. The number of ether oxygens (including phenoxy) is 1. The second-order valence-corrected chi connectivity index (χ2v) is 7.00. The number of ketones is 1. The van der Waals surface area contributed by atoms with Crippen LogP contribution in [0.25, 0.3) is 5.69 Å². The summed E-state index contributed by atoms with van der Waals surface area (Å²) in [5.74, 6) is 0.190. The molecule has 6 nitrogen and oxygen atoms in total. The average Bonchev–Trinajstić information content (AvgIpc) is 2.97. The maximum Gasteiger partial charge on any atom is 0.269 e. The van der Waals surface area contributed by atoms with Gasteiger partial charge in [-0.05, 0) is 50.2 Å². The Morgan fingerprint density at radius 2 is 1.75 bits per heavy atom. The van der Waals surface area contributed by atoms with Crippen molar-refractivity contribution >= 4 is 34.7 Å². The Balaban J connectivity index is 1.79. The van der Waals surface area contributed by atoms with Crippen LogP contribution in [-0.2, 0) is 0 Å². The fourth-order valence-electron chi connectivity index (χ4n) is 2.96. The van der Waals surface area contributed by atoms with E-state index in [1.54, 1.807) is 18.2 Å². The highest BCUT2D eigenvalue weighted by Crippen LogP contribution is 2.28. The maximum atomic E-state index is 12.6. The molecule has 1 heterocycles. The molecule has 0 N–H and O–H groups in total. The van der Waals surface area contributed by atoms with Gasteiger partial charge in [-0.3, -0.25) is 14.9 Å². The Morgan fingerprint density at radius 3 is 2.36 bits per heavy atom. The standard InChI is InChI=1S/C20H16Cl2N2O4/c1-12-9-17(13(2)23(12)15-5-8-18(21)19(22)10-15)20(25)11-28-16-6-3-14(4-7-16)24(26)27/h3-10H,11H2,1-2H3. The maximum absolute atomic E-state index is 12.6. The van der Waals surface area contributed by atoms with E-state index in [1.165, 1.54) is 24.3 Å². The lowest BCUT2D eigenvalue weighted by atomic mass is 10.1. The quantitative estimate of drug-likeness (QED) is 0.297. The average molecular weight is 419 g/mol. The van der Waals surface area contributed by atoms with Crippen molar-refractivity contribution < 1.29 is 14.5 Å². The van der Waals surface area contributed by atoms with Gasteiger partial charge in [-0.1, -0.05) is 23.2 Å². The molecule has 0 unspecified atom stereocenters. The minimum absolute atomic E-state index is 0.0381. The number of nitrogens with zero attached hydrogens (tertiary/aromatic N) is 2. The van der Waals surface area contributed by atoms with E-state index >= 15 is 0 Å². The van der Waals surface area contributed by atoms with Crippen molar-refractivity contribution in [1.82, 2.24) is 4.57 Å². The third-order valence-corrected chi connectivity index (χ3v) is 5.05. The van der Waals surface area contributed by atoms with Crippen LogP contribution >= 0.6 is 23.2 Å². The number of carbonyl (C=O) groups excluding carboxylic acids is 1. The second-order valence-electron chi connectivity index (χ2n) is 6.18. The zero-order valence-electron chi connectivity index (χ0n) is 15.1. The molecule has 1 aromatic heterocycles. The van der Waals surface area contributed by atoms with Crippen molar-refractivity contribution in [2.45, 2.75) is 13.8 Å². The zero-order chi connectivity index (χ0) is 20.4. The van der Waals surface area contributed by atoms with Crippen molar-refractivity contribution in [1.29, 1.82) is 0 Å². The predicted molar refractivity (Wildman–Crippen MR) is 108 cm³/mol. The summed E-state index contributed by atoms with van der Waals surface area (Å²) in [5.41, 5.74) is 2.93. The first kappa shape index (κ1) is 19.9. The fraction of sp³-hybridized carbons (Fsp3) is 0.150. The van der Waals surface area contributed by atoms with Gasteiger partial charge in [-0.15, -0.1) is 0 Å². The fourth-order valence-corrected chi connectivity index (χ4v) is 3.25. The molecule has 0 spiro atoms. The minimum atomic E-state index is -0.493. The number of benzene rings is 2. The molecule has 28 heavy (non-hydrogen) atoms. The van der Waals surface area contributed by atoms with Gasteiger partial charge in [-0.25, -0.2) is 0 Å². The highest BCUT2D eigenvalue weighted by atomic mass is 35.5. The molecule has 0 aliphatic heterocycles. The van der Waals surface area contributed by atoms with Crippen molar-refractivity contribution in [3.05, 3.63) is 85.6 Å². The number of hydrogen-bond acceptors (Lipinski definition) is 4. The first-order valence-corrected chi connectivity index (χ1v) is 9.08. The van der Waals surface area contributed by atoms with Crippen molar-refractivity contribution in [2.24, 2.45) is 0 Å². The van der Waals surface area contributed by atoms with Crippen LogP contribution in [0.1, 0.15) is 21.7 Å². The smallest absolute Gasteiger partial charge is 0.269 e. The van der Waals surface area contributed by atoms with Gasteiger partial charge in [0.05, 0.1) is 15.0 Å². The number of rotatable bonds is 6. The van der Waals surface area contributed by atoms with Crippen molar-refractivity contribution in [3.63, 3.8) is 0 Å². The third-order valence-electron chi connectivity index (χ3n) is 4.31. The molecule has 3 rings (SSSR count). The summed E-state index contributed by atoms with van der Waals surface area (Å²) in [6.45, 7) is 3.56. The molecule has 3 aromatic rings. The topological polar surface area (TPSA) is 74.4 Å². The van der Waals surface area contributed by atoms with Crippen LogP contribution in [0.4, 0.5) is 5.69 Å². The number of nitro benzene ring substituents is 1. The van der Waals surface area contributed by atoms with E-state index in [0.717, 1.165) is 17.1 Å². The molecule has 0 saturated carbocycles. The predicted octanol–water partition coefficient (Wildman–Crippen LogP) is 5.57. The van der Waals surface area contributed by atoms with Crippen LogP contribution in [0.15, 0.2) is 48.5 Å². The summed E-state index contributed by atoms with van der Waals surface area (Å²) in [5, 5.41) is 11.6. The van der Waals surface area contributed by atoms with E-state index in [2.05, 4.69) is 0 Å². The lowest BCUT2D eigenvalue weighted by Crippen LogP contribution is -2.12. The van der Waals surface area contributed by atoms with Crippen LogP contribution in [-0.4, -0.2) is 21.9 Å². The molecule has 0 fully saturated rings. The van der Waals surface area contributed by atoms with Gasteiger partial charge in [0.15, 0.2) is 6.61 Å². The van der Waals surface area contributed by atoms with Crippen LogP contribution in [0.2, 0.25) is 10.0 Å². The molecule has 0 amide bonds. The van der Waals surface area contributed by atoms with Crippen molar-refractivity contribution in [3.8, 4) is 11.4 Å². The first-order valence-electron chi connectivity index (χ1n) is 8.32. The monoisotopic (exact) mass is 418 g/mol. The number of aryl methyl sites for hydroxylation is 1. The number of Topliss-reactive ketones (excluding diaryl/α,β-unsaturated/α-hetero) is 1. The lowest BCUT2D eigenvalue weighted by molar-refractivity contribution is -0.384. The van der Waals surface area contributed by atoms with Crippen molar-refractivity contribution in [2.75, 3.05) is 6.61 Å². The van der Waals surface area contributed by atoms with Gasteiger partial charge in [0.25, 0.3) is 5.69 Å². The summed E-state index contributed by atoms with van der Waals surface area (Å²) in [6, 6.07) is 12.7. The number of non-ortho nitro benzene ring substituents is 1. The molecular weight excluding hydrogens is 403 g/mol. The van der Waals surface area contributed by atoms with E-state index in [1.807, 2.05) is 24.5 Å². The van der Waals surface area contributed by atoms with Gasteiger partial charge in [-0.2, -0.15) is 0 Å². The molecule has 0 aliphatic rings. The van der Waals surface area contributed by atoms with Gasteiger partial charge in [0, 0.05) is 34.8 Å². The van der Waals surface area contributed by atoms with Crippen LogP contribution in [0, 0.1) is 24.0 Å². The van der Waals surface area contributed by atoms with Gasteiger partial charge >= 0.3 is 0 Å². The largest absolute Gasteiger partial charge is 0.485 e. The molecule has 0 saturated heterocycles. The summed E-state index contributed by atoms with van der Waals surface area (Å²) in [6.07, 6.45) is 0. The normalized spacial score (nSPS) is 10.7. The Labute approximate surface area is 171 Å². The Hall–Kier alpha value is -2.83. The molecule has 2 aromatic carbocycles. The zero-order valence-corrected chi connectivity index (χ0v) is 16.6. The Kier molecular flexibility index (Phi) is 5.72. The number of aromatic nitrogens is 1.